The van der Waals surface area contributed by atoms with Crippen LogP contribution in [0.3, 0.4) is 0 Å². The van der Waals surface area contributed by atoms with Gasteiger partial charge in [0.05, 0.1) is 35.6 Å². The molecular formula is C23H20F4N6O. The van der Waals surface area contributed by atoms with Gasteiger partial charge in [0.15, 0.2) is 11.5 Å². The molecule has 7 nitrogen and oxygen atoms in total. The third kappa shape index (κ3) is 3.84. The molecule has 1 aliphatic heterocycles. The van der Waals surface area contributed by atoms with Crippen molar-refractivity contribution in [3.05, 3.63) is 66.1 Å². The molecule has 0 spiro atoms. The highest BCUT2D eigenvalue weighted by atomic mass is 19.4. The SMILES string of the molecule is CN(c1cnc(C(F)(F)F)cn1)C1C[C@H]2CC1N(C(=O)c1cccc(F)c1-c1ncccn1)C2. The van der Waals surface area contributed by atoms with E-state index in [1.54, 1.807) is 29.0 Å². The van der Waals surface area contributed by atoms with E-state index >= 15 is 0 Å². The summed E-state index contributed by atoms with van der Waals surface area (Å²) in [7, 11) is 1.73. The molecule has 2 fully saturated rings. The number of carbonyl (C=O) groups is 1. The molecule has 2 aromatic heterocycles. The first-order valence-electron chi connectivity index (χ1n) is 10.7. The number of likely N-dealkylation sites (tertiary alicyclic amines) is 1. The summed E-state index contributed by atoms with van der Waals surface area (Å²) in [6.07, 6.45) is 1.73. The molecule has 3 atom stereocenters. The third-order valence-corrected chi connectivity index (χ3v) is 6.53. The molecule has 11 heteroatoms. The summed E-state index contributed by atoms with van der Waals surface area (Å²) in [5.41, 5.74) is -0.833. The number of nitrogens with zero attached hydrogens (tertiary/aromatic N) is 6. The van der Waals surface area contributed by atoms with Crippen LogP contribution in [0.2, 0.25) is 0 Å². The fourth-order valence-electron chi connectivity index (χ4n) is 4.97. The molecule has 176 valence electrons. The number of carbonyl (C=O) groups excluding carboxylic acids is 1. The molecule has 2 bridgehead atoms. The normalized spacial score (nSPS) is 21.7. The first-order valence-corrected chi connectivity index (χ1v) is 10.7. The Morgan fingerprint density at radius 3 is 2.47 bits per heavy atom. The van der Waals surface area contributed by atoms with E-state index in [1.165, 1.54) is 24.5 Å². The lowest BCUT2D eigenvalue weighted by Gasteiger charge is -2.38. The van der Waals surface area contributed by atoms with Gasteiger partial charge in [-0.25, -0.2) is 24.3 Å². The van der Waals surface area contributed by atoms with Crippen LogP contribution in [-0.4, -0.2) is 56.4 Å². The van der Waals surface area contributed by atoms with E-state index in [0.29, 0.717) is 18.6 Å². The van der Waals surface area contributed by atoms with Crippen LogP contribution in [-0.2, 0) is 6.18 Å². The van der Waals surface area contributed by atoms with Gasteiger partial charge in [-0.15, -0.1) is 0 Å². The number of halogens is 4. The summed E-state index contributed by atoms with van der Waals surface area (Å²) in [6, 6.07) is 5.56. The van der Waals surface area contributed by atoms with E-state index in [0.717, 1.165) is 19.0 Å². The average molecular weight is 472 g/mol. The predicted molar refractivity (Wildman–Crippen MR) is 114 cm³/mol. The van der Waals surface area contributed by atoms with Crippen molar-refractivity contribution in [3.63, 3.8) is 0 Å². The lowest BCUT2D eigenvalue weighted by molar-refractivity contribution is -0.141. The molecule has 3 aromatic rings. The highest BCUT2D eigenvalue weighted by Crippen LogP contribution is 2.42. The molecule has 1 aliphatic carbocycles. The summed E-state index contributed by atoms with van der Waals surface area (Å²) in [5.74, 6) is -0.265. The topological polar surface area (TPSA) is 75.1 Å². The molecule has 5 rings (SSSR count). The lowest BCUT2D eigenvalue weighted by Crippen LogP contribution is -2.51. The molecule has 1 amide bonds. The van der Waals surface area contributed by atoms with Gasteiger partial charge < -0.3 is 9.80 Å². The van der Waals surface area contributed by atoms with Crippen molar-refractivity contribution >= 4 is 11.7 Å². The summed E-state index contributed by atoms with van der Waals surface area (Å²) in [4.78, 5) is 32.7. The third-order valence-electron chi connectivity index (χ3n) is 6.53. The summed E-state index contributed by atoms with van der Waals surface area (Å²) < 4.78 is 53.3. The number of fused-ring (bicyclic) bond motifs is 2. The fourth-order valence-corrected chi connectivity index (χ4v) is 4.97. The van der Waals surface area contributed by atoms with E-state index in [-0.39, 0.29) is 40.9 Å². The Morgan fingerprint density at radius 1 is 1.06 bits per heavy atom. The van der Waals surface area contributed by atoms with Crippen LogP contribution in [0, 0.1) is 11.7 Å². The van der Waals surface area contributed by atoms with Crippen molar-refractivity contribution < 1.29 is 22.4 Å². The Morgan fingerprint density at radius 2 is 1.82 bits per heavy atom. The number of aromatic nitrogens is 4. The number of benzene rings is 1. The summed E-state index contributed by atoms with van der Waals surface area (Å²) in [6.45, 7) is 0.526. The Balaban J connectivity index is 1.41. The average Bonchev–Trinajstić information content (AvgIpc) is 3.44. The first-order chi connectivity index (χ1) is 16.2. The maximum atomic E-state index is 14.8. The number of hydrogen-bond donors (Lipinski definition) is 0. The second-order valence-electron chi connectivity index (χ2n) is 8.53. The molecule has 2 unspecified atom stereocenters. The largest absolute Gasteiger partial charge is 0.434 e. The van der Waals surface area contributed by atoms with Crippen LogP contribution in [0.1, 0.15) is 28.9 Å². The van der Waals surface area contributed by atoms with Crippen LogP contribution in [0.5, 0.6) is 0 Å². The van der Waals surface area contributed by atoms with Gasteiger partial charge in [-0.1, -0.05) is 6.07 Å². The van der Waals surface area contributed by atoms with Gasteiger partial charge in [0.2, 0.25) is 0 Å². The van der Waals surface area contributed by atoms with Crippen molar-refractivity contribution in [2.75, 3.05) is 18.5 Å². The number of likely N-dealkylation sites (N-methyl/N-ethyl adjacent to an activating group) is 1. The van der Waals surface area contributed by atoms with Crippen molar-refractivity contribution in [3.8, 4) is 11.4 Å². The Kier molecular flexibility index (Phi) is 5.41. The number of alkyl halides is 3. The molecule has 1 saturated heterocycles. The predicted octanol–water partition coefficient (Wildman–Crippen LogP) is 3.83. The Hall–Kier alpha value is -3.63. The van der Waals surface area contributed by atoms with E-state index in [2.05, 4.69) is 19.9 Å². The van der Waals surface area contributed by atoms with E-state index in [1.807, 2.05) is 0 Å². The maximum absolute atomic E-state index is 14.8. The van der Waals surface area contributed by atoms with Crippen LogP contribution in [0.15, 0.2) is 49.1 Å². The zero-order chi connectivity index (χ0) is 24.0. The van der Waals surface area contributed by atoms with Crippen LogP contribution < -0.4 is 4.90 Å². The van der Waals surface area contributed by atoms with Gasteiger partial charge in [-0.2, -0.15) is 13.2 Å². The lowest BCUT2D eigenvalue weighted by atomic mass is 10.0. The van der Waals surface area contributed by atoms with Gasteiger partial charge in [0.1, 0.15) is 11.6 Å². The molecule has 2 aliphatic rings. The van der Waals surface area contributed by atoms with Crippen LogP contribution in [0.25, 0.3) is 11.4 Å². The first kappa shape index (κ1) is 22.2. The minimum Gasteiger partial charge on any atom is -0.353 e. The maximum Gasteiger partial charge on any atom is 0.434 e. The van der Waals surface area contributed by atoms with Crippen molar-refractivity contribution in [2.24, 2.45) is 5.92 Å². The highest BCUT2D eigenvalue weighted by molar-refractivity contribution is 6.00. The standard InChI is InChI=1S/C23H20F4N6O/c1-32(19-11-30-18(10-31-19)23(25,26)27)16-8-13-9-17(16)33(12-13)22(34)14-4-2-5-15(24)20(14)21-28-6-3-7-29-21/h2-7,10-11,13,16-17H,8-9,12H2,1H3/t13-,16?,17?/m0/s1. The molecule has 1 saturated carbocycles. The quantitative estimate of drug-likeness (QED) is 0.538. The number of piperidine rings is 1. The van der Waals surface area contributed by atoms with Gasteiger partial charge in [0, 0.05) is 26.0 Å². The Labute approximate surface area is 192 Å². The van der Waals surface area contributed by atoms with Gasteiger partial charge in [-0.3, -0.25) is 4.79 Å². The van der Waals surface area contributed by atoms with E-state index in [9.17, 15) is 22.4 Å². The van der Waals surface area contributed by atoms with Crippen LogP contribution in [0.4, 0.5) is 23.4 Å². The molecular weight excluding hydrogens is 452 g/mol. The summed E-state index contributed by atoms with van der Waals surface area (Å²) in [5, 5.41) is 0. The van der Waals surface area contributed by atoms with Crippen molar-refractivity contribution in [2.45, 2.75) is 31.1 Å². The number of hydrogen-bond acceptors (Lipinski definition) is 6. The highest BCUT2D eigenvalue weighted by Gasteiger charge is 2.49. The summed E-state index contributed by atoms with van der Waals surface area (Å²) >= 11 is 0. The van der Waals surface area contributed by atoms with E-state index < -0.39 is 17.7 Å². The zero-order valence-corrected chi connectivity index (χ0v) is 18.1. The van der Waals surface area contributed by atoms with Crippen LogP contribution >= 0.6 is 0 Å². The molecule has 0 N–H and O–H groups in total. The van der Waals surface area contributed by atoms with E-state index in [4.69, 9.17) is 0 Å². The van der Waals surface area contributed by atoms with Gasteiger partial charge in [0.25, 0.3) is 5.91 Å². The molecule has 1 aromatic carbocycles. The minimum atomic E-state index is -4.56. The molecule has 0 radical (unpaired) electrons. The number of rotatable bonds is 4. The zero-order valence-electron chi connectivity index (χ0n) is 18.1. The monoisotopic (exact) mass is 472 g/mol. The number of amides is 1. The second kappa shape index (κ2) is 8.30. The number of anilines is 1. The molecule has 3 heterocycles. The second-order valence-corrected chi connectivity index (χ2v) is 8.53. The van der Waals surface area contributed by atoms with Crippen molar-refractivity contribution in [1.29, 1.82) is 0 Å². The van der Waals surface area contributed by atoms with Gasteiger partial charge in [-0.05, 0) is 37.0 Å². The van der Waals surface area contributed by atoms with Crippen molar-refractivity contribution in [1.82, 2.24) is 24.8 Å². The molecule has 34 heavy (non-hydrogen) atoms. The fraction of sp³-hybridized carbons (Fsp3) is 0.348. The smallest absolute Gasteiger partial charge is 0.353 e. The minimum absolute atomic E-state index is 0.0504. The Bertz CT molecular complexity index is 1200. The van der Waals surface area contributed by atoms with Gasteiger partial charge >= 0.3 is 6.18 Å².